The van der Waals surface area contributed by atoms with Crippen LogP contribution in [0.5, 0.6) is 11.5 Å². The Balaban J connectivity index is 1.72. The molecular weight excluding hydrogens is 422 g/mol. The standard InChI is InChI=1S/C22H18ClN3O3S/c1-28-19-7-6-15(11-20(19)29-2)8-16(12-24)21(27)26-22-25-13-18(30-22)10-14-4-3-5-17(23)9-14/h3-9,11,13H,10H2,1-2H3,(H,25,26,27)/b16-8+. The number of halogens is 1. The number of hydrogen-bond donors (Lipinski definition) is 1. The highest BCUT2D eigenvalue weighted by atomic mass is 35.5. The van der Waals surface area contributed by atoms with E-state index in [-0.39, 0.29) is 5.57 Å². The number of thiazole rings is 1. The number of nitriles is 1. The lowest BCUT2D eigenvalue weighted by atomic mass is 10.1. The van der Waals surface area contributed by atoms with E-state index in [1.54, 1.807) is 24.4 Å². The van der Waals surface area contributed by atoms with E-state index < -0.39 is 5.91 Å². The molecule has 152 valence electrons. The van der Waals surface area contributed by atoms with Crippen molar-refractivity contribution in [1.29, 1.82) is 5.26 Å². The maximum absolute atomic E-state index is 12.5. The molecule has 0 spiro atoms. The highest BCUT2D eigenvalue weighted by Gasteiger charge is 2.13. The second-order valence-corrected chi connectivity index (χ2v) is 7.73. The van der Waals surface area contributed by atoms with Crippen LogP contribution in [-0.4, -0.2) is 25.1 Å². The number of rotatable bonds is 7. The molecule has 1 N–H and O–H groups in total. The summed E-state index contributed by atoms with van der Waals surface area (Å²) in [4.78, 5) is 17.7. The lowest BCUT2D eigenvalue weighted by Crippen LogP contribution is -2.13. The minimum atomic E-state index is -0.532. The molecule has 0 aliphatic heterocycles. The van der Waals surface area contributed by atoms with Gasteiger partial charge < -0.3 is 9.47 Å². The van der Waals surface area contributed by atoms with Gasteiger partial charge in [-0.15, -0.1) is 11.3 Å². The van der Waals surface area contributed by atoms with Gasteiger partial charge in [0, 0.05) is 22.5 Å². The van der Waals surface area contributed by atoms with Crippen LogP contribution in [0.25, 0.3) is 6.08 Å². The van der Waals surface area contributed by atoms with Crippen LogP contribution in [0.4, 0.5) is 5.13 Å². The fourth-order valence-corrected chi connectivity index (χ4v) is 3.77. The number of carbonyl (C=O) groups is 1. The molecule has 0 bridgehead atoms. The van der Waals surface area contributed by atoms with E-state index in [0.717, 1.165) is 10.4 Å². The number of ether oxygens (including phenoxy) is 2. The predicted octanol–water partition coefficient (Wildman–Crippen LogP) is 4.95. The number of carbonyl (C=O) groups excluding carboxylic acids is 1. The zero-order chi connectivity index (χ0) is 21.5. The molecule has 0 fully saturated rings. The van der Waals surface area contributed by atoms with E-state index in [1.807, 2.05) is 30.3 Å². The molecule has 3 rings (SSSR count). The van der Waals surface area contributed by atoms with Gasteiger partial charge in [-0.2, -0.15) is 5.26 Å². The number of methoxy groups -OCH3 is 2. The summed E-state index contributed by atoms with van der Waals surface area (Å²) in [6, 6.07) is 14.6. The monoisotopic (exact) mass is 439 g/mol. The number of aromatic nitrogens is 1. The zero-order valence-electron chi connectivity index (χ0n) is 16.3. The Morgan fingerprint density at radius 3 is 2.73 bits per heavy atom. The van der Waals surface area contributed by atoms with Gasteiger partial charge in [-0.05, 0) is 41.5 Å². The Kier molecular flexibility index (Phi) is 7.07. The molecule has 0 saturated heterocycles. The summed E-state index contributed by atoms with van der Waals surface area (Å²) in [5.74, 6) is 0.540. The number of hydrogen-bond acceptors (Lipinski definition) is 6. The molecule has 30 heavy (non-hydrogen) atoms. The van der Waals surface area contributed by atoms with Crippen molar-refractivity contribution in [2.24, 2.45) is 0 Å². The Bertz CT molecular complexity index is 1130. The molecule has 1 heterocycles. The maximum Gasteiger partial charge on any atom is 0.268 e. The van der Waals surface area contributed by atoms with Gasteiger partial charge in [-0.25, -0.2) is 4.98 Å². The van der Waals surface area contributed by atoms with Crippen LogP contribution in [0.3, 0.4) is 0 Å². The third-order valence-electron chi connectivity index (χ3n) is 4.13. The number of nitrogens with zero attached hydrogens (tertiary/aromatic N) is 2. The van der Waals surface area contributed by atoms with Crippen LogP contribution in [0, 0.1) is 11.3 Å². The highest BCUT2D eigenvalue weighted by Crippen LogP contribution is 2.28. The van der Waals surface area contributed by atoms with Gasteiger partial charge in [0.25, 0.3) is 5.91 Å². The van der Waals surface area contributed by atoms with E-state index >= 15 is 0 Å². The van der Waals surface area contributed by atoms with Crippen molar-refractivity contribution in [1.82, 2.24) is 4.98 Å². The van der Waals surface area contributed by atoms with E-state index in [1.165, 1.54) is 31.6 Å². The van der Waals surface area contributed by atoms with E-state index in [0.29, 0.717) is 33.6 Å². The number of amides is 1. The minimum Gasteiger partial charge on any atom is -0.493 e. The molecule has 1 amide bonds. The third kappa shape index (κ3) is 5.38. The smallest absolute Gasteiger partial charge is 0.268 e. The van der Waals surface area contributed by atoms with Gasteiger partial charge in [-0.3, -0.25) is 10.1 Å². The zero-order valence-corrected chi connectivity index (χ0v) is 17.9. The van der Waals surface area contributed by atoms with Gasteiger partial charge in [0.1, 0.15) is 11.6 Å². The average molecular weight is 440 g/mol. The Labute approximate surface area is 183 Å². The molecular formula is C22H18ClN3O3S. The van der Waals surface area contributed by atoms with E-state index in [4.69, 9.17) is 21.1 Å². The Hall–Kier alpha value is -3.34. The molecule has 0 aliphatic rings. The second kappa shape index (κ2) is 9.92. The largest absolute Gasteiger partial charge is 0.493 e. The summed E-state index contributed by atoms with van der Waals surface area (Å²) in [5, 5.41) is 13.2. The van der Waals surface area contributed by atoms with Crippen molar-refractivity contribution in [3.8, 4) is 17.6 Å². The lowest BCUT2D eigenvalue weighted by molar-refractivity contribution is -0.112. The maximum atomic E-state index is 12.5. The quantitative estimate of drug-likeness (QED) is 0.416. The number of nitrogens with one attached hydrogen (secondary N) is 1. The van der Waals surface area contributed by atoms with Crippen molar-refractivity contribution >= 4 is 40.1 Å². The predicted molar refractivity (Wildman–Crippen MR) is 118 cm³/mol. The van der Waals surface area contributed by atoms with Crippen LogP contribution in [-0.2, 0) is 11.2 Å². The van der Waals surface area contributed by atoms with Crippen molar-refractivity contribution in [2.45, 2.75) is 6.42 Å². The summed E-state index contributed by atoms with van der Waals surface area (Å²) in [5.41, 5.74) is 1.64. The Morgan fingerprint density at radius 2 is 2.03 bits per heavy atom. The first kappa shape index (κ1) is 21.4. The molecule has 6 nitrogen and oxygen atoms in total. The van der Waals surface area contributed by atoms with Crippen LogP contribution < -0.4 is 14.8 Å². The minimum absolute atomic E-state index is 0.0474. The Morgan fingerprint density at radius 1 is 1.23 bits per heavy atom. The molecule has 0 atom stereocenters. The summed E-state index contributed by atoms with van der Waals surface area (Å²) in [6.45, 7) is 0. The van der Waals surface area contributed by atoms with Crippen molar-refractivity contribution < 1.29 is 14.3 Å². The SMILES string of the molecule is COc1ccc(/C=C(\C#N)C(=O)Nc2ncc(Cc3cccc(Cl)c3)s2)cc1OC. The van der Waals surface area contributed by atoms with Gasteiger partial charge >= 0.3 is 0 Å². The molecule has 3 aromatic rings. The number of benzene rings is 2. The molecule has 0 radical (unpaired) electrons. The highest BCUT2D eigenvalue weighted by molar-refractivity contribution is 7.15. The molecule has 2 aromatic carbocycles. The average Bonchev–Trinajstić information content (AvgIpc) is 3.18. The van der Waals surface area contributed by atoms with Crippen LogP contribution in [0.1, 0.15) is 16.0 Å². The van der Waals surface area contributed by atoms with Crippen LogP contribution in [0.15, 0.2) is 54.2 Å². The van der Waals surface area contributed by atoms with Gasteiger partial charge in [0.2, 0.25) is 0 Å². The topological polar surface area (TPSA) is 84.2 Å². The molecule has 0 aliphatic carbocycles. The lowest BCUT2D eigenvalue weighted by Gasteiger charge is -2.08. The van der Waals surface area contributed by atoms with Crippen LogP contribution >= 0.6 is 22.9 Å². The summed E-state index contributed by atoms with van der Waals surface area (Å²) in [7, 11) is 3.06. The van der Waals surface area contributed by atoms with E-state index in [2.05, 4.69) is 10.3 Å². The van der Waals surface area contributed by atoms with Crippen molar-refractivity contribution in [2.75, 3.05) is 19.5 Å². The van der Waals surface area contributed by atoms with E-state index in [9.17, 15) is 10.1 Å². The fourth-order valence-electron chi connectivity index (χ4n) is 2.72. The van der Waals surface area contributed by atoms with Gasteiger partial charge in [-0.1, -0.05) is 29.8 Å². The second-order valence-electron chi connectivity index (χ2n) is 6.18. The van der Waals surface area contributed by atoms with Crippen molar-refractivity contribution in [3.05, 3.63) is 75.3 Å². The van der Waals surface area contributed by atoms with Gasteiger partial charge in [0.15, 0.2) is 16.6 Å². The summed E-state index contributed by atoms with van der Waals surface area (Å²) >= 11 is 7.37. The summed E-state index contributed by atoms with van der Waals surface area (Å²) < 4.78 is 10.4. The van der Waals surface area contributed by atoms with Crippen molar-refractivity contribution in [3.63, 3.8) is 0 Å². The first-order valence-electron chi connectivity index (χ1n) is 8.86. The normalized spacial score (nSPS) is 10.9. The fraction of sp³-hybridized carbons (Fsp3) is 0.136. The molecule has 0 unspecified atom stereocenters. The first-order chi connectivity index (χ1) is 14.5. The first-order valence-corrected chi connectivity index (χ1v) is 10.1. The molecule has 1 aromatic heterocycles. The number of anilines is 1. The molecule has 0 saturated carbocycles. The summed E-state index contributed by atoms with van der Waals surface area (Å²) in [6.07, 6.45) is 3.84. The van der Waals surface area contributed by atoms with Crippen LogP contribution in [0.2, 0.25) is 5.02 Å². The third-order valence-corrected chi connectivity index (χ3v) is 5.27. The van der Waals surface area contributed by atoms with Gasteiger partial charge in [0.05, 0.1) is 14.2 Å². The molecule has 8 heteroatoms.